The number of fused-ring (bicyclic) bond motifs is 1. The second-order valence-electron chi connectivity index (χ2n) is 6.33. The van der Waals surface area contributed by atoms with Crippen LogP contribution in [-0.2, 0) is 27.2 Å². The van der Waals surface area contributed by atoms with Gasteiger partial charge in [0, 0.05) is 11.7 Å². The average Bonchev–Trinajstić information content (AvgIpc) is 2.89. The minimum Gasteiger partial charge on any atom is -0.452 e. The van der Waals surface area contributed by atoms with Gasteiger partial charge in [-0.05, 0) is 49.6 Å². The zero-order valence-electron chi connectivity index (χ0n) is 14.2. The summed E-state index contributed by atoms with van der Waals surface area (Å²) in [5.74, 6) is -1.20. The minimum absolute atomic E-state index is 0.0225. The summed E-state index contributed by atoms with van der Waals surface area (Å²) < 4.78 is 18.5. The third-order valence-corrected chi connectivity index (χ3v) is 4.34. The van der Waals surface area contributed by atoms with Crippen molar-refractivity contribution >= 4 is 17.6 Å². The number of nitrogens with zero attached hydrogens (tertiary/aromatic N) is 1. The van der Waals surface area contributed by atoms with Gasteiger partial charge in [-0.15, -0.1) is 0 Å². The molecule has 2 atom stereocenters. The predicted molar refractivity (Wildman–Crippen MR) is 92.8 cm³/mol. The van der Waals surface area contributed by atoms with Crippen LogP contribution >= 0.6 is 0 Å². The van der Waals surface area contributed by atoms with Crippen LogP contribution in [0.25, 0.3) is 0 Å². The lowest BCUT2D eigenvalue weighted by Gasteiger charge is -2.26. The van der Waals surface area contributed by atoms with Gasteiger partial charge in [0.2, 0.25) is 0 Å². The Labute approximate surface area is 146 Å². The van der Waals surface area contributed by atoms with E-state index >= 15 is 0 Å². The van der Waals surface area contributed by atoms with E-state index in [4.69, 9.17) is 4.74 Å². The molecule has 0 bridgehead atoms. The standard InChI is InChI=1S/C20H20FNO3/c1-13-10-16-7-3-4-9-18(16)22(13)20(24)14(2)25-19(23)12-15-6-5-8-17(21)11-15/h3-9,11,13-14H,10,12H2,1-2H3/t13-,14+/m1/s1. The van der Waals surface area contributed by atoms with Crippen molar-refractivity contribution in [3.05, 3.63) is 65.5 Å². The first-order valence-corrected chi connectivity index (χ1v) is 8.30. The summed E-state index contributed by atoms with van der Waals surface area (Å²) in [6.45, 7) is 3.54. The number of rotatable bonds is 4. The number of halogens is 1. The molecule has 1 heterocycles. The van der Waals surface area contributed by atoms with Crippen molar-refractivity contribution in [2.45, 2.75) is 38.8 Å². The lowest BCUT2D eigenvalue weighted by molar-refractivity contribution is -0.153. The van der Waals surface area contributed by atoms with Gasteiger partial charge in [0.1, 0.15) is 5.82 Å². The minimum atomic E-state index is -0.894. The lowest BCUT2D eigenvalue weighted by atomic mass is 10.1. The first-order chi connectivity index (χ1) is 12.0. The molecule has 130 valence electrons. The van der Waals surface area contributed by atoms with Gasteiger partial charge in [-0.3, -0.25) is 9.59 Å². The molecule has 0 saturated heterocycles. The van der Waals surface area contributed by atoms with Crippen LogP contribution in [0.5, 0.6) is 0 Å². The summed E-state index contributed by atoms with van der Waals surface area (Å²) in [5, 5.41) is 0. The highest BCUT2D eigenvalue weighted by Crippen LogP contribution is 2.32. The van der Waals surface area contributed by atoms with Crippen molar-refractivity contribution in [1.82, 2.24) is 0 Å². The molecule has 25 heavy (non-hydrogen) atoms. The normalized spacial score (nSPS) is 17.1. The van der Waals surface area contributed by atoms with Crippen molar-refractivity contribution in [3.63, 3.8) is 0 Å². The fourth-order valence-electron chi connectivity index (χ4n) is 3.20. The Morgan fingerprint density at radius 1 is 1.24 bits per heavy atom. The fraction of sp³-hybridized carbons (Fsp3) is 0.300. The molecule has 1 aliphatic heterocycles. The fourth-order valence-corrected chi connectivity index (χ4v) is 3.20. The molecule has 0 N–H and O–H groups in total. The molecule has 0 saturated carbocycles. The van der Waals surface area contributed by atoms with E-state index in [-0.39, 0.29) is 18.4 Å². The third-order valence-electron chi connectivity index (χ3n) is 4.34. The monoisotopic (exact) mass is 341 g/mol. The van der Waals surface area contributed by atoms with E-state index in [1.807, 2.05) is 31.2 Å². The van der Waals surface area contributed by atoms with Crippen LogP contribution in [0.1, 0.15) is 25.0 Å². The number of hydrogen-bond donors (Lipinski definition) is 0. The molecule has 5 heteroatoms. The summed E-state index contributed by atoms with van der Waals surface area (Å²) >= 11 is 0. The zero-order chi connectivity index (χ0) is 18.0. The van der Waals surface area contributed by atoms with Crippen LogP contribution in [0.4, 0.5) is 10.1 Å². The second-order valence-corrected chi connectivity index (χ2v) is 6.33. The van der Waals surface area contributed by atoms with Crippen molar-refractivity contribution in [1.29, 1.82) is 0 Å². The Kier molecular flexibility index (Phi) is 4.83. The quantitative estimate of drug-likeness (QED) is 0.802. The number of carbonyl (C=O) groups is 2. The maximum absolute atomic E-state index is 13.2. The number of amides is 1. The van der Waals surface area contributed by atoms with Crippen LogP contribution in [0, 0.1) is 5.82 Å². The highest BCUT2D eigenvalue weighted by atomic mass is 19.1. The zero-order valence-corrected chi connectivity index (χ0v) is 14.2. The van der Waals surface area contributed by atoms with Gasteiger partial charge in [0.05, 0.1) is 6.42 Å². The summed E-state index contributed by atoms with van der Waals surface area (Å²) in [6, 6.07) is 13.5. The highest BCUT2D eigenvalue weighted by Gasteiger charge is 2.34. The van der Waals surface area contributed by atoms with Crippen LogP contribution in [0.15, 0.2) is 48.5 Å². The smallest absolute Gasteiger partial charge is 0.311 e. The summed E-state index contributed by atoms with van der Waals surface area (Å²) in [7, 11) is 0. The molecule has 0 fully saturated rings. The molecule has 3 rings (SSSR count). The number of para-hydroxylation sites is 1. The molecule has 1 aliphatic rings. The lowest BCUT2D eigenvalue weighted by Crippen LogP contribution is -2.43. The summed E-state index contributed by atoms with van der Waals surface area (Å²) in [5.41, 5.74) is 2.50. The van der Waals surface area contributed by atoms with Gasteiger partial charge in [0.15, 0.2) is 6.10 Å². The Morgan fingerprint density at radius 2 is 2.00 bits per heavy atom. The highest BCUT2D eigenvalue weighted by molar-refractivity contribution is 5.99. The van der Waals surface area contributed by atoms with Gasteiger partial charge in [-0.25, -0.2) is 4.39 Å². The topological polar surface area (TPSA) is 46.6 Å². The van der Waals surface area contributed by atoms with E-state index in [1.54, 1.807) is 17.9 Å². The SMILES string of the molecule is C[C@H](OC(=O)Cc1cccc(F)c1)C(=O)N1c2ccccc2C[C@H]1C. The van der Waals surface area contributed by atoms with Crippen LogP contribution in [-0.4, -0.2) is 24.0 Å². The van der Waals surface area contributed by atoms with E-state index in [1.165, 1.54) is 18.2 Å². The van der Waals surface area contributed by atoms with Crippen molar-refractivity contribution in [3.8, 4) is 0 Å². The molecule has 2 aromatic carbocycles. The van der Waals surface area contributed by atoms with Crippen LogP contribution < -0.4 is 4.90 Å². The number of esters is 1. The first kappa shape index (κ1) is 17.1. The molecule has 1 amide bonds. The van der Waals surface area contributed by atoms with Crippen LogP contribution in [0.3, 0.4) is 0 Å². The molecule has 0 radical (unpaired) electrons. The third kappa shape index (κ3) is 3.71. The Morgan fingerprint density at radius 3 is 2.76 bits per heavy atom. The van der Waals surface area contributed by atoms with E-state index in [0.29, 0.717) is 5.56 Å². The van der Waals surface area contributed by atoms with Gasteiger partial charge < -0.3 is 9.64 Å². The van der Waals surface area contributed by atoms with Gasteiger partial charge in [-0.2, -0.15) is 0 Å². The first-order valence-electron chi connectivity index (χ1n) is 8.30. The number of hydrogen-bond acceptors (Lipinski definition) is 3. The maximum Gasteiger partial charge on any atom is 0.311 e. The van der Waals surface area contributed by atoms with Crippen molar-refractivity contribution in [2.24, 2.45) is 0 Å². The Hall–Kier alpha value is -2.69. The van der Waals surface area contributed by atoms with Gasteiger partial charge in [-0.1, -0.05) is 30.3 Å². The summed E-state index contributed by atoms with van der Waals surface area (Å²) in [4.78, 5) is 26.5. The van der Waals surface area contributed by atoms with Crippen LogP contribution in [0.2, 0.25) is 0 Å². The van der Waals surface area contributed by atoms with E-state index in [2.05, 4.69) is 0 Å². The summed E-state index contributed by atoms with van der Waals surface area (Å²) in [6.07, 6.45) is -0.178. The predicted octanol–water partition coefficient (Wildman–Crippen LogP) is 3.28. The maximum atomic E-state index is 13.2. The largest absolute Gasteiger partial charge is 0.452 e. The number of carbonyl (C=O) groups excluding carboxylic acids is 2. The average molecular weight is 341 g/mol. The number of anilines is 1. The van der Waals surface area contributed by atoms with E-state index < -0.39 is 17.9 Å². The number of ether oxygens (including phenoxy) is 1. The molecule has 0 aliphatic carbocycles. The van der Waals surface area contributed by atoms with Crippen molar-refractivity contribution < 1.29 is 18.7 Å². The van der Waals surface area contributed by atoms with Gasteiger partial charge >= 0.3 is 5.97 Å². The molecule has 4 nitrogen and oxygen atoms in total. The Balaban J connectivity index is 1.66. The molecule has 0 spiro atoms. The molecular weight excluding hydrogens is 321 g/mol. The van der Waals surface area contributed by atoms with E-state index in [9.17, 15) is 14.0 Å². The van der Waals surface area contributed by atoms with Crippen molar-refractivity contribution in [2.75, 3.05) is 4.90 Å². The Bertz CT molecular complexity index is 805. The second kappa shape index (κ2) is 7.05. The number of benzene rings is 2. The molecule has 0 unspecified atom stereocenters. The molecular formula is C20H20FNO3. The molecule has 0 aromatic heterocycles. The molecule has 2 aromatic rings. The van der Waals surface area contributed by atoms with Gasteiger partial charge in [0.25, 0.3) is 5.91 Å². The van der Waals surface area contributed by atoms with E-state index in [0.717, 1.165) is 17.7 Å².